The summed E-state index contributed by atoms with van der Waals surface area (Å²) in [5.74, 6) is -0.157. The average molecular weight is 547 g/mol. The molecule has 2 saturated heterocycles. The van der Waals surface area contributed by atoms with Crippen LogP contribution < -0.4 is 5.32 Å². The molecule has 2 N–H and O–H groups in total. The standard InChI is InChI=1S/C28H37F3N6O2/c1-3-21-14-25(34-33-21)32-26(38)22-6-4-5-19-16-37(17-23(19)22)27(39)18-7-8-20(24(13-18)28(29,30)31)15-36-11-9-35(2)10-12-36/h7-8,13-14,19,22-23H,3-6,9-12,15-17H2,1-2H3,(H2,32,33,34,38)/t19-,22+,23-/m1/s1. The lowest BCUT2D eigenvalue weighted by atomic mass is 9.73. The molecule has 212 valence electrons. The van der Waals surface area contributed by atoms with Crippen LogP contribution in [0.2, 0.25) is 0 Å². The average Bonchev–Trinajstić information content (AvgIpc) is 3.56. The monoisotopic (exact) mass is 546 g/mol. The van der Waals surface area contributed by atoms with E-state index in [9.17, 15) is 22.8 Å². The van der Waals surface area contributed by atoms with E-state index in [1.165, 1.54) is 12.1 Å². The Labute approximate surface area is 226 Å². The van der Waals surface area contributed by atoms with E-state index in [4.69, 9.17) is 0 Å². The van der Waals surface area contributed by atoms with Crippen molar-refractivity contribution < 1.29 is 22.8 Å². The predicted molar refractivity (Wildman–Crippen MR) is 141 cm³/mol. The van der Waals surface area contributed by atoms with Gasteiger partial charge < -0.3 is 15.1 Å². The summed E-state index contributed by atoms with van der Waals surface area (Å²) >= 11 is 0. The first-order valence-electron chi connectivity index (χ1n) is 13.9. The zero-order chi connectivity index (χ0) is 27.7. The highest BCUT2D eigenvalue weighted by atomic mass is 19.4. The van der Waals surface area contributed by atoms with Gasteiger partial charge in [0, 0.05) is 69.1 Å². The number of piperazine rings is 1. The summed E-state index contributed by atoms with van der Waals surface area (Å²) in [6.45, 7) is 6.07. The molecule has 2 amide bonds. The molecule has 0 radical (unpaired) electrons. The quantitative estimate of drug-likeness (QED) is 0.575. The fourth-order valence-electron chi connectivity index (χ4n) is 6.33. The maximum atomic E-state index is 14.1. The third kappa shape index (κ3) is 6.14. The van der Waals surface area contributed by atoms with Crippen LogP contribution in [0.3, 0.4) is 0 Å². The van der Waals surface area contributed by atoms with Gasteiger partial charge in [0.15, 0.2) is 5.82 Å². The number of anilines is 1. The maximum Gasteiger partial charge on any atom is 0.416 e. The summed E-state index contributed by atoms with van der Waals surface area (Å²) in [7, 11) is 2.00. The number of nitrogens with zero attached hydrogens (tertiary/aromatic N) is 4. The molecular weight excluding hydrogens is 509 g/mol. The molecule has 3 aliphatic rings. The lowest BCUT2D eigenvalue weighted by molar-refractivity contribution is -0.138. The fourth-order valence-corrected chi connectivity index (χ4v) is 6.33. The second-order valence-electron chi connectivity index (χ2n) is 11.2. The van der Waals surface area contributed by atoms with Crippen LogP contribution in [0.5, 0.6) is 0 Å². The zero-order valence-corrected chi connectivity index (χ0v) is 22.6. The van der Waals surface area contributed by atoms with Gasteiger partial charge in [-0.1, -0.05) is 19.4 Å². The van der Waals surface area contributed by atoms with Crippen LogP contribution in [-0.4, -0.2) is 83.0 Å². The summed E-state index contributed by atoms with van der Waals surface area (Å²) in [5.41, 5.74) is 0.427. The van der Waals surface area contributed by atoms with Gasteiger partial charge in [0.05, 0.1) is 5.56 Å². The number of aromatic nitrogens is 2. The number of carbonyl (C=O) groups excluding carboxylic acids is 2. The molecule has 3 fully saturated rings. The Hall–Kier alpha value is -2.92. The number of halogens is 3. The van der Waals surface area contributed by atoms with Crippen molar-refractivity contribution >= 4 is 17.6 Å². The van der Waals surface area contributed by atoms with Gasteiger partial charge in [-0.15, -0.1) is 0 Å². The Bertz CT molecular complexity index is 1190. The lowest BCUT2D eigenvalue weighted by Crippen LogP contribution is -2.44. The van der Waals surface area contributed by atoms with Crippen LogP contribution in [0.4, 0.5) is 19.0 Å². The van der Waals surface area contributed by atoms with Gasteiger partial charge in [-0.3, -0.25) is 19.6 Å². The summed E-state index contributed by atoms with van der Waals surface area (Å²) in [6.07, 6.45) is -1.27. The van der Waals surface area contributed by atoms with Crippen molar-refractivity contribution in [3.8, 4) is 0 Å². The topological polar surface area (TPSA) is 84.6 Å². The molecule has 2 aromatic rings. The number of fused-ring (bicyclic) bond motifs is 1. The molecule has 39 heavy (non-hydrogen) atoms. The Balaban J connectivity index is 1.28. The van der Waals surface area contributed by atoms with E-state index in [1.54, 1.807) is 4.90 Å². The number of hydrogen-bond acceptors (Lipinski definition) is 5. The zero-order valence-electron chi connectivity index (χ0n) is 22.6. The van der Waals surface area contributed by atoms with E-state index in [-0.39, 0.29) is 41.3 Å². The van der Waals surface area contributed by atoms with E-state index in [0.29, 0.717) is 32.0 Å². The van der Waals surface area contributed by atoms with Crippen molar-refractivity contribution in [3.05, 3.63) is 46.6 Å². The first kappa shape index (κ1) is 27.6. The number of rotatable bonds is 6. The molecule has 5 rings (SSSR count). The van der Waals surface area contributed by atoms with Crippen LogP contribution >= 0.6 is 0 Å². The van der Waals surface area contributed by atoms with E-state index in [1.807, 2.05) is 24.9 Å². The number of alkyl halides is 3. The lowest BCUT2D eigenvalue weighted by Gasteiger charge is -2.33. The van der Waals surface area contributed by atoms with Crippen molar-refractivity contribution in [2.75, 3.05) is 51.6 Å². The molecule has 1 aromatic carbocycles. The summed E-state index contributed by atoms with van der Waals surface area (Å²) in [6, 6.07) is 5.82. The molecule has 0 spiro atoms. The Morgan fingerprint density at radius 3 is 2.56 bits per heavy atom. The molecule has 0 bridgehead atoms. The first-order valence-corrected chi connectivity index (χ1v) is 13.9. The highest BCUT2D eigenvalue weighted by molar-refractivity contribution is 5.95. The van der Waals surface area contributed by atoms with Crippen molar-refractivity contribution in [3.63, 3.8) is 0 Å². The fraction of sp³-hybridized carbons (Fsp3) is 0.607. The summed E-state index contributed by atoms with van der Waals surface area (Å²) < 4.78 is 42.2. The smallest absolute Gasteiger partial charge is 0.338 e. The summed E-state index contributed by atoms with van der Waals surface area (Å²) in [4.78, 5) is 32.4. The highest BCUT2D eigenvalue weighted by Crippen LogP contribution is 2.41. The van der Waals surface area contributed by atoms with E-state index in [2.05, 4.69) is 20.4 Å². The molecule has 8 nitrogen and oxygen atoms in total. The molecule has 3 atom stereocenters. The number of carbonyl (C=O) groups is 2. The molecular formula is C28H37F3N6O2. The minimum absolute atomic E-state index is 0.0223. The molecule has 2 aliphatic heterocycles. The van der Waals surface area contributed by atoms with Crippen molar-refractivity contribution in [2.24, 2.45) is 17.8 Å². The largest absolute Gasteiger partial charge is 0.416 e. The Morgan fingerprint density at radius 1 is 1.10 bits per heavy atom. The summed E-state index contributed by atoms with van der Waals surface area (Å²) in [5, 5.41) is 9.94. The molecule has 1 saturated carbocycles. The normalized spacial score (nSPS) is 24.5. The minimum atomic E-state index is -4.55. The van der Waals surface area contributed by atoms with Gasteiger partial charge in [-0.2, -0.15) is 18.3 Å². The van der Waals surface area contributed by atoms with Gasteiger partial charge in [0.25, 0.3) is 5.91 Å². The first-order chi connectivity index (χ1) is 18.6. The second-order valence-corrected chi connectivity index (χ2v) is 11.2. The highest BCUT2D eigenvalue weighted by Gasteiger charge is 2.45. The molecule has 11 heteroatoms. The number of likely N-dealkylation sites (tertiary alicyclic amines) is 1. The van der Waals surface area contributed by atoms with Crippen molar-refractivity contribution in [1.82, 2.24) is 24.9 Å². The number of H-pyrrole nitrogens is 1. The number of benzene rings is 1. The molecule has 3 heterocycles. The minimum Gasteiger partial charge on any atom is -0.338 e. The maximum absolute atomic E-state index is 14.1. The Morgan fingerprint density at radius 2 is 1.87 bits per heavy atom. The Kier molecular flexibility index (Phi) is 8.00. The van der Waals surface area contributed by atoms with Crippen molar-refractivity contribution in [2.45, 2.75) is 45.3 Å². The number of amides is 2. The second kappa shape index (κ2) is 11.3. The molecule has 1 aliphatic carbocycles. The SMILES string of the molecule is CCc1cc(NC(=O)[C@H]2CCC[C@@H]3CN(C(=O)c4ccc(CN5CCN(C)CC5)c(C(F)(F)F)c4)C[C@H]32)n[nH]1. The van der Waals surface area contributed by atoms with E-state index in [0.717, 1.165) is 50.5 Å². The number of hydrogen-bond donors (Lipinski definition) is 2. The van der Waals surface area contributed by atoms with E-state index >= 15 is 0 Å². The number of nitrogens with one attached hydrogen (secondary N) is 2. The third-order valence-electron chi connectivity index (χ3n) is 8.64. The van der Waals surface area contributed by atoms with Crippen LogP contribution in [0.25, 0.3) is 0 Å². The van der Waals surface area contributed by atoms with Gasteiger partial charge in [0.2, 0.25) is 5.91 Å². The van der Waals surface area contributed by atoms with Gasteiger partial charge >= 0.3 is 6.18 Å². The van der Waals surface area contributed by atoms with Crippen molar-refractivity contribution in [1.29, 1.82) is 0 Å². The predicted octanol–water partition coefficient (Wildman–Crippen LogP) is 3.87. The van der Waals surface area contributed by atoms with Gasteiger partial charge in [-0.25, -0.2) is 0 Å². The van der Waals surface area contributed by atoms with Crippen LogP contribution in [-0.2, 0) is 23.9 Å². The van der Waals surface area contributed by atoms with Gasteiger partial charge in [-0.05, 0) is 55.8 Å². The number of likely N-dealkylation sites (N-methyl/N-ethyl adjacent to an activating group) is 1. The number of aryl methyl sites for hydroxylation is 1. The van der Waals surface area contributed by atoms with Gasteiger partial charge in [0.1, 0.15) is 0 Å². The van der Waals surface area contributed by atoms with Crippen LogP contribution in [0, 0.1) is 17.8 Å². The van der Waals surface area contributed by atoms with Crippen LogP contribution in [0.15, 0.2) is 24.3 Å². The van der Waals surface area contributed by atoms with E-state index < -0.39 is 17.6 Å². The molecule has 0 unspecified atom stereocenters. The van der Waals surface area contributed by atoms with Crippen LogP contribution in [0.1, 0.15) is 53.4 Å². The number of aromatic amines is 1. The third-order valence-corrected chi connectivity index (χ3v) is 8.64. The molecule has 1 aromatic heterocycles.